The maximum absolute atomic E-state index is 11.6. The normalized spacial score (nSPS) is 12.1. The van der Waals surface area contributed by atoms with Crippen LogP contribution in [-0.2, 0) is 14.3 Å². The van der Waals surface area contributed by atoms with Crippen molar-refractivity contribution in [3.8, 4) is 0 Å². The summed E-state index contributed by atoms with van der Waals surface area (Å²) < 4.78 is 4.95. The molecule has 4 heteroatoms. The van der Waals surface area contributed by atoms with Crippen LogP contribution in [0.25, 0.3) is 0 Å². The topological polar surface area (TPSA) is 63.6 Å². The maximum atomic E-state index is 11.6. The van der Waals surface area contributed by atoms with Crippen LogP contribution in [0, 0.1) is 0 Å². The molecule has 0 aromatic rings. The molecular weight excluding hydrogens is 340 g/mol. The minimum Gasteiger partial charge on any atom is -0.479 e. The number of rotatable bonds is 20. The molecule has 0 aliphatic rings. The number of carboxylic acids is 1. The van der Waals surface area contributed by atoms with Gasteiger partial charge >= 0.3 is 11.9 Å². The molecule has 0 amide bonds. The van der Waals surface area contributed by atoms with E-state index >= 15 is 0 Å². The van der Waals surface area contributed by atoms with Crippen molar-refractivity contribution in [2.45, 2.75) is 136 Å². The van der Waals surface area contributed by atoms with Gasteiger partial charge in [-0.2, -0.15) is 0 Å². The standard InChI is InChI=1S/C23H44O4/c1-3-5-6-7-8-9-10-11-12-13-14-15-16-17-18-19-20-22(24)27-21(4-2)23(25)26/h21H,3-20H2,1-2H3,(H,25,26). The Hall–Kier alpha value is -1.06. The van der Waals surface area contributed by atoms with Crippen LogP contribution >= 0.6 is 0 Å². The fourth-order valence-corrected chi connectivity index (χ4v) is 3.34. The molecule has 0 rings (SSSR count). The van der Waals surface area contributed by atoms with Crippen molar-refractivity contribution in [3.05, 3.63) is 0 Å². The van der Waals surface area contributed by atoms with E-state index in [0.717, 1.165) is 19.3 Å². The van der Waals surface area contributed by atoms with E-state index in [-0.39, 0.29) is 5.97 Å². The van der Waals surface area contributed by atoms with Gasteiger partial charge in [0.15, 0.2) is 6.10 Å². The largest absolute Gasteiger partial charge is 0.479 e. The van der Waals surface area contributed by atoms with Crippen LogP contribution in [0.2, 0.25) is 0 Å². The zero-order chi connectivity index (χ0) is 20.2. The van der Waals surface area contributed by atoms with E-state index in [1.165, 1.54) is 83.5 Å². The van der Waals surface area contributed by atoms with Crippen LogP contribution < -0.4 is 0 Å². The second-order valence-electron chi connectivity index (χ2n) is 7.78. The van der Waals surface area contributed by atoms with Crippen LogP contribution in [0.1, 0.15) is 129 Å². The summed E-state index contributed by atoms with van der Waals surface area (Å²) >= 11 is 0. The lowest BCUT2D eigenvalue weighted by atomic mass is 10.0. The molecule has 4 nitrogen and oxygen atoms in total. The van der Waals surface area contributed by atoms with E-state index in [0.29, 0.717) is 12.8 Å². The Kier molecular flexibility index (Phi) is 18.9. The predicted octanol–water partition coefficient (Wildman–Crippen LogP) is 7.04. The molecule has 1 N–H and O–H groups in total. The number of carboxylic acid groups (broad SMARTS) is 1. The van der Waals surface area contributed by atoms with Crippen molar-refractivity contribution < 1.29 is 19.4 Å². The average molecular weight is 385 g/mol. The van der Waals surface area contributed by atoms with Crippen LogP contribution in [0.3, 0.4) is 0 Å². The number of carbonyl (C=O) groups excluding carboxylic acids is 1. The number of esters is 1. The molecule has 0 saturated carbocycles. The van der Waals surface area contributed by atoms with Gasteiger partial charge in [0, 0.05) is 6.42 Å². The first kappa shape index (κ1) is 25.9. The first-order valence-corrected chi connectivity index (χ1v) is 11.5. The van der Waals surface area contributed by atoms with Crippen molar-refractivity contribution in [2.24, 2.45) is 0 Å². The van der Waals surface area contributed by atoms with Crippen LogP contribution in [0.4, 0.5) is 0 Å². The lowest BCUT2D eigenvalue weighted by Crippen LogP contribution is -2.26. The van der Waals surface area contributed by atoms with E-state index in [4.69, 9.17) is 9.84 Å². The number of carbonyl (C=O) groups is 2. The molecule has 1 atom stereocenters. The monoisotopic (exact) mass is 384 g/mol. The quantitative estimate of drug-likeness (QED) is 0.180. The summed E-state index contributed by atoms with van der Waals surface area (Å²) in [6, 6.07) is 0. The Morgan fingerprint density at radius 2 is 1.04 bits per heavy atom. The predicted molar refractivity (Wildman–Crippen MR) is 112 cm³/mol. The average Bonchev–Trinajstić information content (AvgIpc) is 2.65. The first-order valence-electron chi connectivity index (χ1n) is 11.5. The van der Waals surface area contributed by atoms with Crippen LogP contribution in [0.15, 0.2) is 0 Å². The Bertz CT molecular complexity index is 354. The lowest BCUT2D eigenvalue weighted by Gasteiger charge is -2.11. The fraction of sp³-hybridized carbons (Fsp3) is 0.913. The molecule has 0 radical (unpaired) electrons. The number of hydrogen-bond donors (Lipinski definition) is 1. The molecule has 0 aliphatic heterocycles. The van der Waals surface area contributed by atoms with E-state index < -0.39 is 12.1 Å². The highest BCUT2D eigenvalue weighted by Crippen LogP contribution is 2.14. The second kappa shape index (κ2) is 19.7. The summed E-state index contributed by atoms with van der Waals surface area (Å²) in [6.07, 6.45) is 20.4. The number of unbranched alkanes of at least 4 members (excludes halogenated alkanes) is 15. The summed E-state index contributed by atoms with van der Waals surface area (Å²) in [5.74, 6) is -1.44. The summed E-state index contributed by atoms with van der Waals surface area (Å²) in [5.41, 5.74) is 0. The second-order valence-corrected chi connectivity index (χ2v) is 7.78. The van der Waals surface area contributed by atoms with Crippen molar-refractivity contribution >= 4 is 11.9 Å². The minimum absolute atomic E-state index is 0.319. The molecule has 1 unspecified atom stereocenters. The minimum atomic E-state index is -1.06. The smallest absolute Gasteiger partial charge is 0.345 e. The van der Waals surface area contributed by atoms with E-state index in [9.17, 15) is 9.59 Å². The van der Waals surface area contributed by atoms with Crippen molar-refractivity contribution in [2.75, 3.05) is 0 Å². The molecular formula is C23H44O4. The van der Waals surface area contributed by atoms with Gasteiger partial charge in [0.2, 0.25) is 0 Å². The first-order chi connectivity index (χ1) is 13.1. The van der Waals surface area contributed by atoms with Crippen molar-refractivity contribution in [1.29, 1.82) is 0 Å². The van der Waals surface area contributed by atoms with Crippen molar-refractivity contribution in [3.63, 3.8) is 0 Å². The number of ether oxygens (including phenoxy) is 1. The molecule has 0 aromatic heterocycles. The maximum Gasteiger partial charge on any atom is 0.345 e. The van der Waals surface area contributed by atoms with Gasteiger partial charge in [-0.15, -0.1) is 0 Å². The lowest BCUT2D eigenvalue weighted by molar-refractivity contribution is -0.164. The third kappa shape index (κ3) is 18.1. The van der Waals surface area contributed by atoms with E-state index in [1.54, 1.807) is 6.92 Å². The summed E-state index contributed by atoms with van der Waals surface area (Å²) in [6.45, 7) is 3.98. The highest BCUT2D eigenvalue weighted by molar-refractivity contribution is 5.77. The SMILES string of the molecule is CCCCCCCCCCCCCCCCCCC(=O)OC(CC)C(=O)O. The molecule has 0 spiro atoms. The van der Waals surface area contributed by atoms with Crippen LogP contribution in [-0.4, -0.2) is 23.1 Å². The number of hydrogen-bond acceptors (Lipinski definition) is 3. The zero-order valence-corrected chi connectivity index (χ0v) is 18.0. The van der Waals surface area contributed by atoms with Gasteiger partial charge in [0.25, 0.3) is 0 Å². The summed E-state index contributed by atoms with van der Waals surface area (Å²) in [5, 5.41) is 8.86. The van der Waals surface area contributed by atoms with Crippen molar-refractivity contribution in [1.82, 2.24) is 0 Å². The van der Waals surface area contributed by atoms with Gasteiger partial charge in [-0.3, -0.25) is 4.79 Å². The van der Waals surface area contributed by atoms with Gasteiger partial charge < -0.3 is 9.84 Å². The highest BCUT2D eigenvalue weighted by Gasteiger charge is 2.19. The summed E-state index contributed by atoms with van der Waals surface area (Å²) in [7, 11) is 0. The molecule has 0 aliphatic carbocycles. The molecule has 0 fully saturated rings. The molecule has 0 aromatic carbocycles. The van der Waals surface area contributed by atoms with Gasteiger partial charge in [0.1, 0.15) is 0 Å². The Balaban J connectivity index is 3.25. The van der Waals surface area contributed by atoms with E-state index in [1.807, 2.05) is 0 Å². The molecule has 27 heavy (non-hydrogen) atoms. The third-order valence-electron chi connectivity index (χ3n) is 5.15. The van der Waals surface area contributed by atoms with Gasteiger partial charge in [0.05, 0.1) is 0 Å². The number of aliphatic carboxylic acids is 1. The Labute approximate surface area is 167 Å². The Morgan fingerprint density at radius 1 is 0.667 bits per heavy atom. The third-order valence-corrected chi connectivity index (χ3v) is 5.15. The fourth-order valence-electron chi connectivity index (χ4n) is 3.34. The summed E-state index contributed by atoms with van der Waals surface area (Å²) in [4.78, 5) is 22.4. The highest BCUT2D eigenvalue weighted by atomic mass is 16.6. The molecule has 0 heterocycles. The van der Waals surface area contributed by atoms with Gasteiger partial charge in [-0.25, -0.2) is 4.79 Å². The van der Waals surface area contributed by atoms with E-state index in [2.05, 4.69) is 6.92 Å². The van der Waals surface area contributed by atoms with Gasteiger partial charge in [-0.05, 0) is 12.8 Å². The Morgan fingerprint density at radius 3 is 1.37 bits per heavy atom. The molecule has 160 valence electrons. The van der Waals surface area contributed by atoms with Crippen LogP contribution in [0.5, 0.6) is 0 Å². The zero-order valence-electron chi connectivity index (χ0n) is 18.0. The molecule has 0 saturated heterocycles. The molecule has 0 bridgehead atoms. The van der Waals surface area contributed by atoms with Gasteiger partial charge in [-0.1, -0.05) is 110 Å².